The van der Waals surface area contributed by atoms with E-state index >= 15 is 0 Å². The number of halogens is 1. The molecule has 1 N–H and O–H groups in total. The van der Waals surface area contributed by atoms with Crippen molar-refractivity contribution in [3.05, 3.63) is 29.8 Å². The molecule has 1 aliphatic rings. The van der Waals surface area contributed by atoms with E-state index in [-0.39, 0.29) is 11.8 Å². The predicted octanol–water partition coefficient (Wildman–Crippen LogP) is -0.275. The summed E-state index contributed by atoms with van der Waals surface area (Å²) in [5.74, 6) is -0.790. The highest BCUT2D eigenvalue weighted by molar-refractivity contribution is 5.94. The van der Waals surface area contributed by atoms with Crippen LogP contribution in [0.3, 0.4) is 0 Å². The molecule has 6 nitrogen and oxygen atoms in total. The van der Waals surface area contributed by atoms with Crippen LogP contribution in [0, 0.1) is 5.95 Å². The average Bonchev–Trinajstić information content (AvgIpc) is 2.48. The molecule has 0 aliphatic carbocycles. The normalized spacial score (nSPS) is 16.0. The number of nitrogens with one attached hydrogen (secondary N) is 1. The van der Waals surface area contributed by atoms with E-state index in [9.17, 15) is 14.0 Å². The number of hydrogen-bond acceptors (Lipinski definition) is 4. The van der Waals surface area contributed by atoms with Crippen LogP contribution in [0.1, 0.15) is 10.4 Å². The summed E-state index contributed by atoms with van der Waals surface area (Å²) in [6.07, 6.45) is 1.24. The predicted molar refractivity (Wildman–Crippen MR) is 70.6 cm³/mol. The number of hydrogen-bond donors (Lipinski definition) is 1. The van der Waals surface area contributed by atoms with Crippen molar-refractivity contribution < 1.29 is 14.0 Å². The average molecular weight is 280 g/mol. The van der Waals surface area contributed by atoms with Crippen molar-refractivity contribution in [2.75, 3.05) is 39.8 Å². The molecule has 0 spiro atoms. The highest BCUT2D eigenvalue weighted by atomic mass is 19.1. The molecule has 0 aromatic carbocycles. The van der Waals surface area contributed by atoms with Crippen molar-refractivity contribution in [2.45, 2.75) is 0 Å². The molecule has 7 heteroatoms. The van der Waals surface area contributed by atoms with Gasteiger partial charge in [-0.25, -0.2) is 4.98 Å². The molecule has 0 radical (unpaired) electrons. The molecular weight excluding hydrogens is 263 g/mol. The molecule has 0 atom stereocenters. The van der Waals surface area contributed by atoms with Gasteiger partial charge >= 0.3 is 0 Å². The van der Waals surface area contributed by atoms with Gasteiger partial charge in [-0.2, -0.15) is 4.39 Å². The topological polar surface area (TPSA) is 65.5 Å². The van der Waals surface area contributed by atoms with Gasteiger partial charge in [0.15, 0.2) is 0 Å². The third kappa shape index (κ3) is 3.51. The van der Waals surface area contributed by atoms with Gasteiger partial charge in [-0.15, -0.1) is 0 Å². The minimum atomic E-state index is -0.600. The summed E-state index contributed by atoms with van der Waals surface area (Å²) in [7, 11) is 1.60. The monoisotopic (exact) mass is 280 g/mol. The maximum atomic E-state index is 12.7. The molecule has 1 saturated heterocycles. The van der Waals surface area contributed by atoms with E-state index in [1.807, 2.05) is 4.90 Å². The quantitative estimate of drug-likeness (QED) is 0.774. The van der Waals surface area contributed by atoms with Gasteiger partial charge in [-0.05, 0) is 12.1 Å². The van der Waals surface area contributed by atoms with E-state index in [1.54, 1.807) is 11.9 Å². The number of amides is 2. The molecule has 1 aliphatic heterocycles. The number of nitrogens with zero attached hydrogens (tertiary/aromatic N) is 3. The first kappa shape index (κ1) is 14.4. The number of pyridine rings is 1. The number of piperazine rings is 1. The molecule has 0 saturated carbocycles. The zero-order valence-corrected chi connectivity index (χ0v) is 11.3. The summed E-state index contributed by atoms with van der Waals surface area (Å²) in [5, 5.41) is 2.57. The lowest BCUT2D eigenvalue weighted by molar-refractivity contribution is -0.122. The fraction of sp³-hybridized carbons (Fsp3) is 0.462. The zero-order valence-electron chi connectivity index (χ0n) is 11.3. The fourth-order valence-electron chi connectivity index (χ4n) is 2.08. The number of aromatic nitrogens is 1. The van der Waals surface area contributed by atoms with Crippen LogP contribution in [0.25, 0.3) is 0 Å². The first-order valence-electron chi connectivity index (χ1n) is 6.44. The maximum absolute atomic E-state index is 12.7. The van der Waals surface area contributed by atoms with Gasteiger partial charge in [0.05, 0.1) is 12.1 Å². The molecular formula is C13H17FN4O2. The van der Waals surface area contributed by atoms with E-state index in [4.69, 9.17) is 0 Å². The van der Waals surface area contributed by atoms with Gasteiger partial charge < -0.3 is 10.2 Å². The van der Waals surface area contributed by atoms with Crippen LogP contribution in [0.4, 0.5) is 4.39 Å². The van der Waals surface area contributed by atoms with Gasteiger partial charge in [0.1, 0.15) is 0 Å². The fourth-order valence-corrected chi connectivity index (χ4v) is 2.08. The lowest BCUT2D eigenvalue weighted by atomic mass is 10.2. The van der Waals surface area contributed by atoms with Crippen LogP contribution in [0.2, 0.25) is 0 Å². The Labute approximate surface area is 116 Å². The van der Waals surface area contributed by atoms with Crippen LogP contribution >= 0.6 is 0 Å². The number of likely N-dealkylation sites (N-methyl/N-ethyl adjacent to an activating group) is 1. The lowest BCUT2D eigenvalue weighted by Crippen LogP contribution is -2.50. The minimum absolute atomic E-state index is 0.0347. The van der Waals surface area contributed by atoms with Crippen LogP contribution in [-0.2, 0) is 4.79 Å². The molecule has 0 unspecified atom stereocenters. The van der Waals surface area contributed by atoms with Crippen molar-refractivity contribution in [3.8, 4) is 0 Å². The Bertz CT molecular complexity index is 484. The second kappa shape index (κ2) is 6.42. The van der Waals surface area contributed by atoms with E-state index in [0.717, 1.165) is 0 Å². The summed E-state index contributed by atoms with van der Waals surface area (Å²) in [6.45, 7) is 2.73. The smallest absolute Gasteiger partial charge is 0.255 e. The van der Waals surface area contributed by atoms with Crippen molar-refractivity contribution >= 4 is 11.8 Å². The third-order valence-electron chi connectivity index (χ3n) is 3.28. The summed E-state index contributed by atoms with van der Waals surface area (Å²) in [4.78, 5) is 30.6. The van der Waals surface area contributed by atoms with E-state index in [0.29, 0.717) is 38.3 Å². The van der Waals surface area contributed by atoms with E-state index < -0.39 is 5.95 Å². The second-order valence-corrected chi connectivity index (χ2v) is 4.61. The Hall–Kier alpha value is -2.02. The van der Waals surface area contributed by atoms with Crippen LogP contribution in [0.5, 0.6) is 0 Å². The number of carbonyl (C=O) groups is 2. The van der Waals surface area contributed by atoms with Gasteiger partial charge in [-0.3, -0.25) is 14.5 Å². The van der Waals surface area contributed by atoms with Crippen LogP contribution in [0.15, 0.2) is 18.3 Å². The maximum Gasteiger partial charge on any atom is 0.255 e. The molecule has 1 fully saturated rings. The zero-order chi connectivity index (χ0) is 14.5. The van der Waals surface area contributed by atoms with Gasteiger partial charge in [0, 0.05) is 39.4 Å². The Balaban J connectivity index is 1.88. The van der Waals surface area contributed by atoms with Gasteiger partial charge in [0.2, 0.25) is 11.9 Å². The second-order valence-electron chi connectivity index (χ2n) is 4.61. The van der Waals surface area contributed by atoms with E-state index in [1.165, 1.54) is 18.3 Å². The van der Waals surface area contributed by atoms with Gasteiger partial charge in [0.25, 0.3) is 5.91 Å². The van der Waals surface area contributed by atoms with Gasteiger partial charge in [-0.1, -0.05) is 0 Å². The summed E-state index contributed by atoms with van der Waals surface area (Å²) in [6, 6.07) is 2.61. The van der Waals surface area contributed by atoms with Crippen LogP contribution in [-0.4, -0.2) is 66.4 Å². The first-order chi connectivity index (χ1) is 9.60. The molecule has 1 aromatic heterocycles. The summed E-state index contributed by atoms with van der Waals surface area (Å²) < 4.78 is 12.7. The largest absolute Gasteiger partial charge is 0.358 e. The third-order valence-corrected chi connectivity index (χ3v) is 3.28. The molecule has 2 rings (SSSR count). The highest BCUT2D eigenvalue weighted by Crippen LogP contribution is 2.08. The molecule has 20 heavy (non-hydrogen) atoms. The standard InChI is InChI=1S/C13H17FN4O2/c1-15-12(19)9-17-4-6-18(7-5-17)13(20)10-2-3-11(14)16-8-10/h2-3,8H,4-7,9H2,1H3,(H,15,19). The van der Waals surface area contributed by atoms with E-state index in [2.05, 4.69) is 10.3 Å². The Morgan fingerprint density at radius 1 is 1.30 bits per heavy atom. The van der Waals surface area contributed by atoms with Crippen molar-refractivity contribution in [3.63, 3.8) is 0 Å². The summed E-state index contributed by atoms with van der Waals surface area (Å²) in [5.41, 5.74) is 0.381. The Morgan fingerprint density at radius 2 is 2.00 bits per heavy atom. The molecule has 2 heterocycles. The van der Waals surface area contributed by atoms with Crippen LogP contribution < -0.4 is 5.32 Å². The van der Waals surface area contributed by atoms with Crippen molar-refractivity contribution in [1.29, 1.82) is 0 Å². The molecule has 0 bridgehead atoms. The SMILES string of the molecule is CNC(=O)CN1CCN(C(=O)c2ccc(F)nc2)CC1. The minimum Gasteiger partial charge on any atom is -0.358 e. The Morgan fingerprint density at radius 3 is 2.55 bits per heavy atom. The van der Waals surface area contributed by atoms with Crippen molar-refractivity contribution in [1.82, 2.24) is 20.1 Å². The molecule has 108 valence electrons. The first-order valence-corrected chi connectivity index (χ1v) is 6.44. The van der Waals surface area contributed by atoms with Crippen molar-refractivity contribution in [2.24, 2.45) is 0 Å². The Kier molecular flexibility index (Phi) is 4.62. The highest BCUT2D eigenvalue weighted by Gasteiger charge is 2.23. The lowest BCUT2D eigenvalue weighted by Gasteiger charge is -2.34. The number of carbonyl (C=O) groups excluding carboxylic acids is 2. The number of rotatable bonds is 3. The molecule has 2 amide bonds. The molecule has 1 aromatic rings. The summed E-state index contributed by atoms with van der Waals surface area (Å²) >= 11 is 0.